The van der Waals surface area contributed by atoms with Gasteiger partial charge in [-0.15, -0.1) is 0 Å². The Morgan fingerprint density at radius 2 is 2.22 bits per heavy atom. The number of hydrogen-bond donors (Lipinski definition) is 1. The lowest BCUT2D eigenvalue weighted by atomic mass is 9.97. The summed E-state index contributed by atoms with van der Waals surface area (Å²) in [5.74, 6) is -0.0506. The van der Waals surface area contributed by atoms with Crippen LogP contribution in [0.15, 0.2) is 0 Å². The fourth-order valence-electron chi connectivity index (χ4n) is 2.55. The van der Waals surface area contributed by atoms with Crippen LogP contribution >= 0.6 is 11.8 Å². The van der Waals surface area contributed by atoms with Crippen molar-refractivity contribution in [3.05, 3.63) is 0 Å². The van der Waals surface area contributed by atoms with Crippen molar-refractivity contribution >= 4 is 17.7 Å². The normalized spacial score (nSPS) is 27.7. The Balaban J connectivity index is 2.65. The van der Waals surface area contributed by atoms with E-state index >= 15 is 0 Å². The predicted octanol–water partition coefficient (Wildman–Crippen LogP) is 2.98. The van der Waals surface area contributed by atoms with Gasteiger partial charge in [-0.25, -0.2) is 0 Å². The van der Waals surface area contributed by atoms with Crippen molar-refractivity contribution in [2.75, 3.05) is 13.2 Å². The first-order chi connectivity index (χ1) is 8.54. The summed E-state index contributed by atoms with van der Waals surface area (Å²) >= 11 is 1.99. The monoisotopic (exact) mass is 273 g/mol. The van der Waals surface area contributed by atoms with Crippen LogP contribution in [0.3, 0.4) is 0 Å². The standard InChI is InChI=1S/C14H27NO2S/c1-5-9-15-14(13(16)17-6-2)8-7-12(10-14)18-11(3)4/h11-12,15H,5-10H2,1-4H3. The van der Waals surface area contributed by atoms with Gasteiger partial charge in [0.05, 0.1) is 6.61 Å². The highest BCUT2D eigenvalue weighted by Gasteiger charge is 2.46. The third-order valence-corrected chi connectivity index (χ3v) is 4.64. The molecule has 2 unspecified atom stereocenters. The lowest BCUT2D eigenvalue weighted by molar-refractivity contribution is -0.151. The fourth-order valence-corrected chi connectivity index (χ4v) is 3.96. The van der Waals surface area contributed by atoms with Crippen LogP contribution in [0.5, 0.6) is 0 Å². The zero-order valence-electron chi connectivity index (χ0n) is 12.1. The molecule has 2 atom stereocenters. The molecule has 0 saturated heterocycles. The van der Waals surface area contributed by atoms with Crippen molar-refractivity contribution in [3.8, 4) is 0 Å². The van der Waals surface area contributed by atoms with Crippen LogP contribution in [0.2, 0.25) is 0 Å². The van der Waals surface area contributed by atoms with E-state index in [0.29, 0.717) is 17.1 Å². The van der Waals surface area contributed by atoms with Crippen LogP contribution in [-0.4, -0.2) is 35.2 Å². The van der Waals surface area contributed by atoms with E-state index in [-0.39, 0.29) is 5.97 Å². The van der Waals surface area contributed by atoms with E-state index in [1.807, 2.05) is 18.7 Å². The van der Waals surface area contributed by atoms with Crippen molar-refractivity contribution in [1.82, 2.24) is 5.32 Å². The minimum atomic E-state index is -0.418. The Morgan fingerprint density at radius 3 is 2.78 bits per heavy atom. The molecule has 0 aliphatic heterocycles. The average Bonchev–Trinajstić information content (AvgIpc) is 2.71. The van der Waals surface area contributed by atoms with Crippen molar-refractivity contribution in [2.24, 2.45) is 0 Å². The van der Waals surface area contributed by atoms with Crippen LogP contribution < -0.4 is 5.32 Å². The van der Waals surface area contributed by atoms with Crippen LogP contribution in [-0.2, 0) is 9.53 Å². The molecule has 0 aromatic rings. The molecule has 1 saturated carbocycles. The van der Waals surface area contributed by atoms with Gasteiger partial charge in [0, 0.05) is 5.25 Å². The topological polar surface area (TPSA) is 38.3 Å². The van der Waals surface area contributed by atoms with Gasteiger partial charge in [0.2, 0.25) is 0 Å². The number of rotatable bonds is 7. The highest BCUT2D eigenvalue weighted by Crippen LogP contribution is 2.39. The predicted molar refractivity (Wildman–Crippen MR) is 78.0 cm³/mol. The molecule has 1 fully saturated rings. The van der Waals surface area contributed by atoms with Gasteiger partial charge in [-0.05, 0) is 44.4 Å². The van der Waals surface area contributed by atoms with Gasteiger partial charge in [-0.3, -0.25) is 4.79 Å². The molecule has 0 heterocycles. The van der Waals surface area contributed by atoms with Gasteiger partial charge >= 0.3 is 5.97 Å². The number of esters is 1. The van der Waals surface area contributed by atoms with Gasteiger partial charge in [0.25, 0.3) is 0 Å². The molecule has 0 aromatic carbocycles. The zero-order valence-corrected chi connectivity index (χ0v) is 12.9. The summed E-state index contributed by atoms with van der Waals surface area (Å²) in [7, 11) is 0. The number of thioether (sulfide) groups is 1. The third kappa shape index (κ3) is 4.16. The average molecular weight is 273 g/mol. The second kappa shape index (κ2) is 7.39. The molecule has 3 nitrogen and oxygen atoms in total. The molecule has 0 amide bonds. The molecular formula is C14H27NO2S. The molecule has 0 aromatic heterocycles. The number of hydrogen-bond acceptors (Lipinski definition) is 4. The summed E-state index contributed by atoms with van der Waals surface area (Å²) in [6.45, 7) is 9.79. The van der Waals surface area contributed by atoms with E-state index < -0.39 is 5.54 Å². The summed E-state index contributed by atoms with van der Waals surface area (Å²) in [5, 5.41) is 4.65. The second-order valence-corrected chi connectivity index (χ2v) is 7.16. The quantitative estimate of drug-likeness (QED) is 0.724. The summed E-state index contributed by atoms with van der Waals surface area (Å²) in [6, 6.07) is 0. The van der Waals surface area contributed by atoms with Gasteiger partial charge < -0.3 is 10.1 Å². The van der Waals surface area contributed by atoms with Crippen LogP contribution in [0, 0.1) is 0 Å². The summed E-state index contributed by atoms with van der Waals surface area (Å²) < 4.78 is 5.27. The van der Waals surface area contributed by atoms with E-state index in [2.05, 4.69) is 26.1 Å². The summed E-state index contributed by atoms with van der Waals surface area (Å²) in [4.78, 5) is 12.2. The number of nitrogens with one attached hydrogen (secondary N) is 1. The first kappa shape index (κ1) is 15.8. The molecule has 1 rings (SSSR count). The van der Waals surface area contributed by atoms with Crippen molar-refractivity contribution in [3.63, 3.8) is 0 Å². The van der Waals surface area contributed by atoms with Crippen LogP contribution in [0.4, 0.5) is 0 Å². The van der Waals surface area contributed by atoms with E-state index in [0.717, 1.165) is 32.2 Å². The molecule has 1 aliphatic carbocycles. The van der Waals surface area contributed by atoms with Crippen molar-refractivity contribution in [1.29, 1.82) is 0 Å². The molecule has 0 spiro atoms. The maximum Gasteiger partial charge on any atom is 0.326 e. The second-order valence-electron chi connectivity index (χ2n) is 5.28. The van der Waals surface area contributed by atoms with Gasteiger partial charge in [0.1, 0.15) is 5.54 Å². The van der Waals surface area contributed by atoms with Gasteiger partial charge in [0.15, 0.2) is 0 Å². The first-order valence-electron chi connectivity index (χ1n) is 7.11. The number of carbonyl (C=O) groups excluding carboxylic acids is 1. The van der Waals surface area contributed by atoms with E-state index in [9.17, 15) is 4.79 Å². The highest BCUT2D eigenvalue weighted by molar-refractivity contribution is 8.00. The zero-order chi connectivity index (χ0) is 13.6. The molecule has 18 heavy (non-hydrogen) atoms. The third-order valence-electron chi connectivity index (χ3n) is 3.31. The maximum atomic E-state index is 12.2. The molecule has 4 heteroatoms. The van der Waals surface area contributed by atoms with Crippen LogP contribution in [0.1, 0.15) is 53.4 Å². The smallest absolute Gasteiger partial charge is 0.326 e. The Bertz CT molecular complexity index is 271. The van der Waals surface area contributed by atoms with E-state index in [4.69, 9.17) is 4.74 Å². The lowest BCUT2D eigenvalue weighted by Crippen LogP contribution is -2.51. The fraction of sp³-hybridized carbons (Fsp3) is 0.929. The SMILES string of the molecule is CCCNC1(C(=O)OCC)CCC(SC(C)C)C1. The Morgan fingerprint density at radius 1 is 1.50 bits per heavy atom. The summed E-state index contributed by atoms with van der Waals surface area (Å²) in [5.41, 5.74) is -0.418. The van der Waals surface area contributed by atoms with E-state index in [1.54, 1.807) is 0 Å². The van der Waals surface area contributed by atoms with Crippen molar-refractivity contribution in [2.45, 2.75) is 69.4 Å². The molecule has 1 aliphatic rings. The Hall–Kier alpha value is -0.220. The molecule has 106 valence electrons. The minimum Gasteiger partial charge on any atom is -0.465 e. The summed E-state index contributed by atoms with van der Waals surface area (Å²) in [6.07, 6.45) is 3.98. The minimum absolute atomic E-state index is 0.0506. The van der Waals surface area contributed by atoms with Gasteiger partial charge in [-0.1, -0.05) is 20.8 Å². The first-order valence-corrected chi connectivity index (χ1v) is 8.06. The molecule has 0 bridgehead atoms. The molecule has 1 N–H and O–H groups in total. The largest absolute Gasteiger partial charge is 0.465 e. The number of ether oxygens (including phenoxy) is 1. The maximum absolute atomic E-state index is 12.2. The Kier molecular flexibility index (Phi) is 6.50. The molecular weight excluding hydrogens is 246 g/mol. The van der Waals surface area contributed by atoms with Gasteiger partial charge in [-0.2, -0.15) is 11.8 Å². The lowest BCUT2D eigenvalue weighted by Gasteiger charge is -2.28. The highest BCUT2D eigenvalue weighted by atomic mass is 32.2. The molecule has 0 radical (unpaired) electrons. The van der Waals surface area contributed by atoms with E-state index in [1.165, 1.54) is 0 Å². The number of carbonyl (C=O) groups is 1. The Labute approximate surface area is 115 Å². The van der Waals surface area contributed by atoms with Crippen molar-refractivity contribution < 1.29 is 9.53 Å². The van der Waals surface area contributed by atoms with Crippen LogP contribution in [0.25, 0.3) is 0 Å².